The fraction of sp³-hybridized carbons (Fsp3) is 0.600. The highest BCUT2D eigenvalue weighted by atomic mass is 16.5. The lowest BCUT2D eigenvalue weighted by Crippen LogP contribution is -2.21. The minimum atomic E-state index is 0.217. The summed E-state index contributed by atoms with van der Waals surface area (Å²) in [5.74, 6) is 0. The fourth-order valence-corrected chi connectivity index (χ4v) is 2.07. The molecule has 1 unspecified atom stereocenters. The van der Waals surface area contributed by atoms with E-state index in [1.807, 2.05) is 6.92 Å². The SMILES string of the molecule is COCCCN(C)c1ccc(CC(C)N)c(C)c1. The maximum Gasteiger partial charge on any atom is 0.0479 e. The minimum absolute atomic E-state index is 0.217. The quantitative estimate of drug-likeness (QED) is 0.755. The Bertz CT molecular complexity index is 364. The van der Waals surface area contributed by atoms with Gasteiger partial charge in [0, 0.05) is 39.0 Å². The Hall–Kier alpha value is -1.06. The first kappa shape index (κ1) is 15.0. The molecule has 0 heterocycles. The number of nitrogens with two attached hydrogens (primary N) is 1. The van der Waals surface area contributed by atoms with Crippen molar-refractivity contribution in [1.29, 1.82) is 0 Å². The van der Waals surface area contributed by atoms with Gasteiger partial charge in [-0.3, -0.25) is 0 Å². The summed E-state index contributed by atoms with van der Waals surface area (Å²) < 4.78 is 5.07. The molecule has 0 aromatic heterocycles. The van der Waals surface area contributed by atoms with Gasteiger partial charge in [-0.05, 0) is 49.9 Å². The topological polar surface area (TPSA) is 38.5 Å². The van der Waals surface area contributed by atoms with Gasteiger partial charge in [0.25, 0.3) is 0 Å². The number of rotatable bonds is 7. The molecule has 0 spiro atoms. The second-order valence-electron chi connectivity index (χ2n) is 5.06. The summed E-state index contributed by atoms with van der Waals surface area (Å²) in [5, 5.41) is 0. The molecule has 0 aliphatic rings. The summed E-state index contributed by atoms with van der Waals surface area (Å²) in [6.45, 7) is 6.03. The van der Waals surface area contributed by atoms with E-state index in [0.717, 1.165) is 26.0 Å². The Morgan fingerprint density at radius 1 is 1.39 bits per heavy atom. The summed E-state index contributed by atoms with van der Waals surface area (Å²) in [7, 11) is 3.86. The van der Waals surface area contributed by atoms with Crippen LogP contribution >= 0.6 is 0 Å². The van der Waals surface area contributed by atoms with Gasteiger partial charge in [0.15, 0.2) is 0 Å². The molecular formula is C15H26N2O. The van der Waals surface area contributed by atoms with E-state index in [2.05, 4.69) is 37.1 Å². The molecule has 3 heteroatoms. The van der Waals surface area contributed by atoms with Crippen LogP contribution in [0.4, 0.5) is 5.69 Å². The Morgan fingerprint density at radius 2 is 2.11 bits per heavy atom. The molecule has 0 aliphatic heterocycles. The zero-order valence-corrected chi connectivity index (χ0v) is 12.1. The molecule has 0 amide bonds. The second-order valence-corrected chi connectivity index (χ2v) is 5.06. The van der Waals surface area contributed by atoms with Crippen LogP contribution in [0.5, 0.6) is 0 Å². The van der Waals surface area contributed by atoms with Crippen LogP contribution in [0.2, 0.25) is 0 Å². The Morgan fingerprint density at radius 3 is 2.67 bits per heavy atom. The largest absolute Gasteiger partial charge is 0.385 e. The number of ether oxygens (including phenoxy) is 1. The number of hydrogen-bond donors (Lipinski definition) is 1. The molecule has 1 aromatic carbocycles. The van der Waals surface area contributed by atoms with Crippen LogP contribution in [-0.4, -0.2) is 33.4 Å². The van der Waals surface area contributed by atoms with E-state index in [0.29, 0.717) is 0 Å². The van der Waals surface area contributed by atoms with E-state index in [-0.39, 0.29) is 6.04 Å². The smallest absolute Gasteiger partial charge is 0.0479 e. The Balaban J connectivity index is 2.65. The van der Waals surface area contributed by atoms with E-state index in [9.17, 15) is 0 Å². The van der Waals surface area contributed by atoms with Crippen LogP contribution in [0.3, 0.4) is 0 Å². The first-order chi connectivity index (χ1) is 8.54. The zero-order valence-electron chi connectivity index (χ0n) is 12.1. The molecule has 1 atom stereocenters. The van der Waals surface area contributed by atoms with Gasteiger partial charge < -0.3 is 15.4 Å². The summed E-state index contributed by atoms with van der Waals surface area (Å²) >= 11 is 0. The van der Waals surface area contributed by atoms with Crippen molar-refractivity contribution < 1.29 is 4.74 Å². The minimum Gasteiger partial charge on any atom is -0.385 e. The van der Waals surface area contributed by atoms with Crippen molar-refractivity contribution in [3.05, 3.63) is 29.3 Å². The van der Waals surface area contributed by atoms with Crippen molar-refractivity contribution in [2.75, 3.05) is 32.2 Å². The summed E-state index contributed by atoms with van der Waals surface area (Å²) in [4.78, 5) is 2.27. The molecule has 102 valence electrons. The molecule has 0 saturated heterocycles. The number of benzene rings is 1. The van der Waals surface area contributed by atoms with Crippen molar-refractivity contribution in [1.82, 2.24) is 0 Å². The number of anilines is 1. The van der Waals surface area contributed by atoms with Gasteiger partial charge in [-0.1, -0.05) is 6.07 Å². The van der Waals surface area contributed by atoms with Crippen molar-refractivity contribution in [2.45, 2.75) is 32.7 Å². The van der Waals surface area contributed by atoms with Gasteiger partial charge in [-0.2, -0.15) is 0 Å². The van der Waals surface area contributed by atoms with Crippen LogP contribution in [0.25, 0.3) is 0 Å². The molecule has 0 saturated carbocycles. The zero-order chi connectivity index (χ0) is 13.5. The molecular weight excluding hydrogens is 224 g/mol. The van der Waals surface area contributed by atoms with Gasteiger partial charge in [0.2, 0.25) is 0 Å². The molecule has 0 aliphatic carbocycles. The highest BCUT2D eigenvalue weighted by Gasteiger charge is 2.05. The predicted molar refractivity (Wildman–Crippen MR) is 78.3 cm³/mol. The lowest BCUT2D eigenvalue weighted by Gasteiger charge is -2.21. The third kappa shape index (κ3) is 4.67. The van der Waals surface area contributed by atoms with E-state index in [1.54, 1.807) is 7.11 Å². The van der Waals surface area contributed by atoms with Crippen molar-refractivity contribution in [3.8, 4) is 0 Å². The molecule has 0 radical (unpaired) electrons. The molecule has 3 nitrogen and oxygen atoms in total. The van der Waals surface area contributed by atoms with Crippen LogP contribution in [-0.2, 0) is 11.2 Å². The highest BCUT2D eigenvalue weighted by Crippen LogP contribution is 2.19. The van der Waals surface area contributed by atoms with Gasteiger partial charge in [0.05, 0.1) is 0 Å². The third-order valence-electron chi connectivity index (χ3n) is 3.15. The lowest BCUT2D eigenvalue weighted by atomic mass is 10.0. The summed E-state index contributed by atoms with van der Waals surface area (Å²) in [5.41, 5.74) is 9.78. The molecule has 2 N–H and O–H groups in total. The second kappa shape index (κ2) is 7.39. The van der Waals surface area contributed by atoms with E-state index < -0.39 is 0 Å². The molecule has 18 heavy (non-hydrogen) atoms. The van der Waals surface area contributed by atoms with Gasteiger partial charge in [-0.25, -0.2) is 0 Å². The maximum atomic E-state index is 5.85. The number of hydrogen-bond acceptors (Lipinski definition) is 3. The van der Waals surface area contributed by atoms with Crippen molar-refractivity contribution >= 4 is 5.69 Å². The Kier molecular flexibility index (Phi) is 6.16. The molecule has 0 bridgehead atoms. The first-order valence-electron chi connectivity index (χ1n) is 6.59. The summed E-state index contributed by atoms with van der Waals surface area (Å²) in [6.07, 6.45) is 1.99. The summed E-state index contributed by atoms with van der Waals surface area (Å²) in [6, 6.07) is 6.83. The fourth-order valence-electron chi connectivity index (χ4n) is 2.07. The average Bonchev–Trinajstić information content (AvgIpc) is 2.31. The van der Waals surface area contributed by atoms with E-state index in [1.165, 1.54) is 16.8 Å². The molecule has 1 rings (SSSR count). The van der Waals surface area contributed by atoms with Gasteiger partial charge in [0.1, 0.15) is 0 Å². The standard InChI is InChI=1S/C15H26N2O/c1-12-10-15(17(3)8-5-9-18-4)7-6-14(12)11-13(2)16/h6-7,10,13H,5,8-9,11,16H2,1-4H3. The highest BCUT2D eigenvalue weighted by molar-refractivity contribution is 5.50. The van der Waals surface area contributed by atoms with Gasteiger partial charge >= 0.3 is 0 Å². The van der Waals surface area contributed by atoms with E-state index in [4.69, 9.17) is 10.5 Å². The van der Waals surface area contributed by atoms with Crippen LogP contribution < -0.4 is 10.6 Å². The molecule has 0 fully saturated rings. The van der Waals surface area contributed by atoms with Crippen LogP contribution in [0.1, 0.15) is 24.5 Å². The third-order valence-corrected chi connectivity index (χ3v) is 3.15. The number of nitrogens with zero attached hydrogens (tertiary/aromatic N) is 1. The number of methoxy groups -OCH3 is 1. The maximum absolute atomic E-state index is 5.85. The van der Waals surface area contributed by atoms with Gasteiger partial charge in [-0.15, -0.1) is 0 Å². The molecule has 1 aromatic rings. The Labute approximate surface area is 111 Å². The van der Waals surface area contributed by atoms with Crippen LogP contribution in [0, 0.1) is 6.92 Å². The lowest BCUT2D eigenvalue weighted by molar-refractivity contribution is 0.196. The first-order valence-corrected chi connectivity index (χ1v) is 6.59. The predicted octanol–water partition coefficient (Wildman–Crippen LogP) is 2.36. The van der Waals surface area contributed by atoms with Crippen molar-refractivity contribution in [3.63, 3.8) is 0 Å². The monoisotopic (exact) mass is 250 g/mol. The van der Waals surface area contributed by atoms with Crippen molar-refractivity contribution in [2.24, 2.45) is 5.73 Å². The number of aryl methyl sites for hydroxylation is 1. The van der Waals surface area contributed by atoms with E-state index >= 15 is 0 Å². The average molecular weight is 250 g/mol. The normalized spacial score (nSPS) is 12.5. The van der Waals surface area contributed by atoms with Crippen LogP contribution in [0.15, 0.2) is 18.2 Å².